The summed E-state index contributed by atoms with van der Waals surface area (Å²) in [5.74, 6) is 0.916. The van der Waals surface area contributed by atoms with Gasteiger partial charge in [-0.15, -0.1) is 0 Å². The van der Waals surface area contributed by atoms with Gasteiger partial charge in [-0.1, -0.05) is 17.7 Å². The Bertz CT molecular complexity index is 802. The number of carbonyl (C=O) groups excluding carboxylic acids is 1. The van der Waals surface area contributed by atoms with Gasteiger partial charge in [0, 0.05) is 61.7 Å². The van der Waals surface area contributed by atoms with E-state index in [4.69, 9.17) is 16.3 Å². The summed E-state index contributed by atoms with van der Waals surface area (Å²) >= 11 is 6.09. The number of amides is 1. The van der Waals surface area contributed by atoms with E-state index in [-0.39, 0.29) is 5.91 Å². The Kier molecular flexibility index (Phi) is 5.45. The van der Waals surface area contributed by atoms with Gasteiger partial charge in [0.1, 0.15) is 5.82 Å². The van der Waals surface area contributed by atoms with Crippen LogP contribution in [-0.4, -0.2) is 68.3 Å². The Morgan fingerprint density at radius 3 is 2.48 bits per heavy atom. The van der Waals surface area contributed by atoms with Crippen molar-refractivity contribution in [3.8, 4) is 0 Å². The summed E-state index contributed by atoms with van der Waals surface area (Å²) in [6, 6.07) is 11.6. The molecule has 2 aliphatic rings. The molecule has 1 amide bonds. The van der Waals surface area contributed by atoms with Crippen molar-refractivity contribution < 1.29 is 9.53 Å². The lowest BCUT2D eigenvalue weighted by atomic mass is 10.2. The summed E-state index contributed by atoms with van der Waals surface area (Å²) in [7, 11) is 0. The lowest BCUT2D eigenvalue weighted by Gasteiger charge is -2.36. The van der Waals surface area contributed by atoms with Crippen molar-refractivity contribution >= 4 is 29.0 Å². The molecule has 4 rings (SSSR count). The predicted octanol–water partition coefficient (Wildman–Crippen LogP) is 2.53. The van der Waals surface area contributed by atoms with Crippen molar-refractivity contribution in [2.24, 2.45) is 0 Å². The first-order valence-electron chi connectivity index (χ1n) is 9.29. The van der Waals surface area contributed by atoms with Crippen molar-refractivity contribution in [3.63, 3.8) is 0 Å². The van der Waals surface area contributed by atoms with E-state index in [1.165, 1.54) is 0 Å². The van der Waals surface area contributed by atoms with E-state index in [9.17, 15) is 4.79 Å². The first-order chi connectivity index (χ1) is 13.2. The number of pyridine rings is 1. The maximum atomic E-state index is 12.9. The maximum absolute atomic E-state index is 12.9. The number of piperazine rings is 1. The molecule has 0 saturated carbocycles. The van der Waals surface area contributed by atoms with Gasteiger partial charge >= 0.3 is 0 Å². The van der Waals surface area contributed by atoms with Crippen LogP contribution in [0.25, 0.3) is 0 Å². The number of morpholine rings is 1. The van der Waals surface area contributed by atoms with Crippen molar-refractivity contribution in [3.05, 3.63) is 53.2 Å². The van der Waals surface area contributed by atoms with Crippen LogP contribution in [0.2, 0.25) is 5.02 Å². The minimum Gasteiger partial charge on any atom is -0.378 e. The third kappa shape index (κ3) is 4.17. The summed E-state index contributed by atoms with van der Waals surface area (Å²) in [5, 5.41) is 0.735. The second kappa shape index (κ2) is 8.15. The van der Waals surface area contributed by atoms with Crippen molar-refractivity contribution in [1.29, 1.82) is 0 Å². The van der Waals surface area contributed by atoms with Crippen LogP contribution < -0.4 is 9.80 Å². The SMILES string of the molecule is O=C(c1ccnc(N2CCOCC2)c1)N1CCN(c2cccc(Cl)c2)CC1. The quantitative estimate of drug-likeness (QED) is 0.811. The Balaban J connectivity index is 1.40. The van der Waals surface area contributed by atoms with Crippen molar-refractivity contribution in [2.45, 2.75) is 0 Å². The van der Waals surface area contributed by atoms with E-state index in [1.54, 1.807) is 12.3 Å². The molecule has 6 nitrogen and oxygen atoms in total. The molecule has 1 aromatic carbocycles. The topological polar surface area (TPSA) is 48.9 Å². The zero-order valence-electron chi connectivity index (χ0n) is 15.2. The molecule has 0 atom stereocenters. The van der Waals surface area contributed by atoms with Gasteiger partial charge in [0.05, 0.1) is 13.2 Å². The smallest absolute Gasteiger partial charge is 0.254 e. The maximum Gasteiger partial charge on any atom is 0.254 e. The molecule has 0 radical (unpaired) electrons. The number of carbonyl (C=O) groups is 1. The van der Waals surface area contributed by atoms with Crippen LogP contribution in [0.1, 0.15) is 10.4 Å². The molecule has 0 spiro atoms. The summed E-state index contributed by atoms with van der Waals surface area (Å²) in [4.78, 5) is 23.7. The van der Waals surface area contributed by atoms with Gasteiger partial charge < -0.3 is 19.4 Å². The van der Waals surface area contributed by atoms with Crippen molar-refractivity contribution in [2.75, 3.05) is 62.3 Å². The number of rotatable bonds is 3. The highest BCUT2D eigenvalue weighted by molar-refractivity contribution is 6.30. The molecule has 27 heavy (non-hydrogen) atoms. The van der Waals surface area contributed by atoms with Gasteiger partial charge in [-0.3, -0.25) is 4.79 Å². The molecule has 0 bridgehead atoms. The number of hydrogen-bond acceptors (Lipinski definition) is 5. The Hall–Kier alpha value is -2.31. The second-order valence-corrected chi connectivity index (χ2v) is 7.20. The zero-order valence-corrected chi connectivity index (χ0v) is 15.9. The van der Waals surface area contributed by atoms with E-state index in [0.29, 0.717) is 31.9 Å². The first-order valence-corrected chi connectivity index (χ1v) is 9.67. The fourth-order valence-corrected chi connectivity index (χ4v) is 3.72. The van der Waals surface area contributed by atoms with E-state index in [0.717, 1.165) is 42.7 Å². The normalized spacial score (nSPS) is 17.9. The van der Waals surface area contributed by atoms with Crippen LogP contribution in [0.4, 0.5) is 11.5 Å². The molecule has 0 N–H and O–H groups in total. The second-order valence-electron chi connectivity index (χ2n) is 6.76. The summed E-state index contributed by atoms with van der Waals surface area (Å²) in [6.45, 7) is 6.00. The fourth-order valence-electron chi connectivity index (χ4n) is 3.54. The number of nitrogens with zero attached hydrogens (tertiary/aromatic N) is 4. The standard InChI is InChI=1S/C20H23ClN4O2/c21-17-2-1-3-18(15-17)23-6-8-25(9-7-23)20(26)16-4-5-22-19(14-16)24-10-12-27-13-11-24/h1-5,14-15H,6-13H2. The third-order valence-corrected chi connectivity index (χ3v) is 5.30. The molecular formula is C20H23ClN4O2. The summed E-state index contributed by atoms with van der Waals surface area (Å²) in [6.07, 6.45) is 1.72. The highest BCUT2D eigenvalue weighted by atomic mass is 35.5. The van der Waals surface area contributed by atoms with Crippen LogP contribution in [-0.2, 0) is 4.74 Å². The van der Waals surface area contributed by atoms with Gasteiger partial charge in [0.25, 0.3) is 5.91 Å². The van der Waals surface area contributed by atoms with Crippen LogP contribution in [0.5, 0.6) is 0 Å². The predicted molar refractivity (Wildman–Crippen MR) is 107 cm³/mol. The molecule has 2 fully saturated rings. The molecule has 3 heterocycles. The Labute approximate surface area is 164 Å². The fraction of sp³-hybridized carbons (Fsp3) is 0.400. The number of hydrogen-bond donors (Lipinski definition) is 0. The number of benzene rings is 1. The molecular weight excluding hydrogens is 364 g/mol. The van der Waals surface area contributed by atoms with E-state index in [1.807, 2.05) is 29.2 Å². The highest BCUT2D eigenvalue weighted by Gasteiger charge is 2.23. The Morgan fingerprint density at radius 2 is 1.74 bits per heavy atom. The molecule has 0 aliphatic carbocycles. The van der Waals surface area contributed by atoms with Gasteiger partial charge in [0.2, 0.25) is 0 Å². The number of ether oxygens (including phenoxy) is 1. The van der Waals surface area contributed by atoms with Crippen molar-refractivity contribution in [1.82, 2.24) is 9.88 Å². The van der Waals surface area contributed by atoms with Crippen LogP contribution in [0.3, 0.4) is 0 Å². The first kappa shape index (κ1) is 18.1. The van der Waals surface area contributed by atoms with Crippen LogP contribution in [0, 0.1) is 0 Å². The number of anilines is 2. The van der Waals surface area contributed by atoms with Gasteiger partial charge in [-0.2, -0.15) is 0 Å². The lowest BCUT2D eigenvalue weighted by Crippen LogP contribution is -2.48. The molecule has 2 saturated heterocycles. The highest BCUT2D eigenvalue weighted by Crippen LogP contribution is 2.22. The lowest BCUT2D eigenvalue weighted by molar-refractivity contribution is 0.0746. The van der Waals surface area contributed by atoms with E-state index >= 15 is 0 Å². The monoisotopic (exact) mass is 386 g/mol. The average molecular weight is 387 g/mol. The van der Waals surface area contributed by atoms with Crippen LogP contribution in [0.15, 0.2) is 42.6 Å². The number of halogens is 1. The minimum atomic E-state index is 0.0673. The molecule has 7 heteroatoms. The molecule has 0 unspecified atom stereocenters. The zero-order chi connectivity index (χ0) is 18.6. The largest absolute Gasteiger partial charge is 0.378 e. The van der Waals surface area contributed by atoms with E-state index < -0.39 is 0 Å². The average Bonchev–Trinajstić information content (AvgIpc) is 2.74. The third-order valence-electron chi connectivity index (χ3n) is 5.07. The van der Waals surface area contributed by atoms with Crippen LogP contribution >= 0.6 is 11.6 Å². The Morgan fingerprint density at radius 1 is 0.963 bits per heavy atom. The molecule has 142 valence electrons. The minimum absolute atomic E-state index is 0.0673. The molecule has 2 aromatic rings. The van der Waals surface area contributed by atoms with Gasteiger partial charge in [-0.25, -0.2) is 4.98 Å². The summed E-state index contributed by atoms with van der Waals surface area (Å²) < 4.78 is 5.39. The van der Waals surface area contributed by atoms with Gasteiger partial charge in [-0.05, 0) is 30.3 Å². The molecule has 1 aromatic heterocycles. The van der Waals surface area contributed by atoms with Gasteiger partial charge in [0.15, 0.2) is 0 Å². The molecule has 2 aliphatic heterocycles. The number of aromatic nitrogens is 1. The van der Waals surface area contributed by atoms with E-state index in [2.05, 4.69) is 20.9 Å². The summed E-state index contributed by atoms with van der Waals surface area (Å²) in [5.41, 5.74) is 1.80.